The average molecular weight is 559 g/mol. The van der Waals surface area contributed by atoms with Crippen LogP contribution >= 0.6 is 23.4 Å². The number of carboxylic acid groups (broad SMARTS) is 1. The summed E-state index contributed by atoms with van der Waals surface area (Å²) in [5, 5.41) is 15.3. The van der Waals surface area contributed by atoms with Crippen LogP contribution in [-0.4, -0.2) is 28.6 Å². The number of aromatic carboxylic acids is 1. The standard InChI is InChI=1S/C27H18ClF3N2O4S/c28-16-10-11-22(21(12-16)27(29,30)31)33-23(34)14-38-18-7-3-6-17(13-18)32-25(35)19-8-1-4-15-5-2-9-20(24(15)19)26(36)37/h1-13H,14H2,(H,32,35)(H,33,34)(H,36,37). The number of fused-ring (bicyclic) bond motifs is 1. The smallest absolute Gasteiger partial charge is 0.418 e. The van der Waals surface area contributed by atoms with Gasteiger partial charge in [0.2, 0.25) is 5.91 Å². The molecule has 38 heavy (non-hydrogen) atoms. The van der Waals surface area contributed by atoms with Gasteiger partial charge in [0.05, 0.1) is 22.6 Å². The Morgan fingerprint density at radius 1 is 0.868 bits per heavy atom. The van der Waals surface area contributed by atoms with Crippen LogP contribution in [0, 0.1) is 0 Å². The number of hydrogen-bond donors (Lipinski definition) is 3. The zero-order valence-electron chi connectivity index (χ0n) is 19.3. The Kier molecular flexibility index (Phi) is 7.94. The molecule has 0 bridgehead atoms. The first-order valence-electron chi connectivity index (χ1n) is 11.0. The maximum atomic E-state index is 13.3. The van der Waals surface area contributed by atoms with Gasteiger partial charge in [0.1, 0.15) is 0 Å². The number of amides is 2. The van der Waals surface area contributed by atoms with Crippen molar-refractivity contribution in [2.24, 2.45) is 0 Å². The fraction of sp³-hybridized carbons (Fsp3) is 0.0741. The number of carbonyl (C=O) groups is 3. The van der Waals surface area contributed by atoms with Gasteiger partial charge < -0.3 is 15.7 Å². The van der Waals surface area contributed by atoms with Gasteiger partial charge >= 0.3 is 12.1 Å². The van der Waals surface area contributed by atoms with Crippen molar-refractivity contribution < 1.29 is 32.7 Å². The molecule has 0 aliphatic carbocycles. The minimum Gasteiger partial charge on any atom is -0.478 e. The molecule has 0 aliphatic rings. The molecule has 0 saturated carbocycles. The molecule has 0 fully saturated rings. The molecule has 0 saturated heterocycles. The van der Waals surface area contributed by atoms with Gasteiger partial charge in [-0.2, -0.15) is 13.2 Å². The largest absolute Gasteiger partial charge is 0.478 e. The predicted molar refractivity (Wildman–Crippen MR) is 141 cm³/mol. The number of thioether (sulfide) groups is 1. The Labute approximate surface area is 223 Å². The summed E-state index contributed by atoms with van der Waals surface area (Å²) in [6.07, 6.45) is -4.69. The average Bonchev–Trinajstić information content (AvgIpc) is 2.87. The van der Waals surface area contributed by atoms with Gasteiger partial charge in [-0.1, -0.05) is 41.9 Å². The Morgan fingerprint density at radius 2 is 1.55 bits per heavy atom. The zero-order chi connectivity index (χ0) is 27.4. The third-order valence-corrected chi connectivity index (χ3v) is 6.63. The van der Waals surface area contributed by atoms with Crippen LogP contribution in [0.4, 0.5) is 24.5 Å². The van der Waals surface area contributed by atoms with Gasteiger partial charge in [-0.25, -0.2) is 4.79 Å². The molecule has 3 N–H and O–H groups in total. The molecule has 4 rings (SSSR count). The van der Waals surface area contributed by atoms with E-state index in [4.69, 9.17) is 11.6 Å². The van der Waals surface area contributed by atoms with Crippen LogP contribution in [-0.2, 0) is 11.0 Å². The normalized spacial score (nSPS) is 11.3. The highest BCUT2D eigenvalue weighted by atomic mass is 35.5. The maximum Gasteiger partial charge on any atom is 0.418 e. The van der Waals surface area contributed by atoms with Crippen LogP contribution in [0.25, 0.3) is 10.8 Å². The second-order valence-corrected chi connectivity index (χ2v) is 9.51. The summed E-state index contributed by atoms with van der Waals surface area (Å²) in [6.45, 7) is 0. The molecule has 4 aromatic rings. The topological polar surface area (TPSA) is 95.5 Å². The highest BCUT2D eigenvalue weighted by Gasteiger charge is 2.34. The van der Waals surface area contributed by atoms with Crippen LogP contribution in [0.3, 0.4) is 0 Å². The van der Waals surface area contributed by atoms with Crippen LogP contribution in [0.5, 0.6) is 0 Å². The molecule has 0 heterocycles. The summed E-state index contributed by atoms with van der Waals surface area (Å²) in [4.78, 5) is 37.7. The number of halogens is 4. The quantitative estimate of drug-likeness (QED) is 0.209. The fourth-order valence-corrected chi connectivity index (χ4v) is 4.69. The molecule has 4 aromatic carbocycles. The Hall–Kier alpha value is -4.02. The lowest BCUT2D eigenvalue weighted by atomic mass is 9.98. The number of alkyl halides is 3. The van der Waals surface area contributed by atoms with Crippen LogP contribution in [0.15, 0.2) is 83.8 Å². The van der Waals surface area contributed by atoms with E-state index >= 15 is 0 Å². The third-order valence-electron chi connectivity index (χ3n) is 5.40. The summed E-state index contributed by atoms with van der Waals surface area (Å²) in [6, 6.07) is 19.2. The fourth-order valence-electron chi connectivity index (χ4n) is 3.77. The highest BCUT2D eigenvalue weighted by Crippen LogP contribution is 2.36. The Bertz CT molecular complexity index is 1550. The van der Waals surface area contributed by atoms with E-state index in [9.17, 15) is 32.7 Å². The predicted octanol–water partition coefficient (Wildman–Crippen LogP) is 7.19. The number of rotatable bonds is 7. The SMILES string of the molecule is O=C(CSc1cccc(NC(=O)c2cccc3cccc(C(=O)O)c23)c1)Nc1ccc(Cl)cc1C(F)(F)F. The summed E-state index contributed by atoms with van der Waals surface area (Å²) in [5.41, 5.74) is -0.876. The molecular weight excluding hydrogens is 541 g/mol. The molecule has 0 unspecified atom stereocenters. The van der Waals surface area contributed by atoms with Crippen molar-refractivity contribution in [3.8, 4) is 0 Å². The van der Waals surface area contributed by atoms with Gasteiger partial charge in [0.15, 0.2) is 0 Å². The minimum absolute atomic E-state index is 0.00191. The number of benzene rings is 4. The van der Waals surface area contributed by atoms with Crippen molar-refractivity contribution in [2.75, 3.05) is 16.4 Å². The molecule has 0 aliphatic heterocycles. The lowest BCUT2D eigenvalue weighted by Crippen LogP contribution is -2.18. The Balaban J connectivity index is 1.46. The van der Waals surface area contributed by atoms with Crippen LogP contribution < -0.4 is 10.6 Å². The molecule has 2 amide bonds. The summed E-state index contributed by atoms with van der Waals surface area (Å²) in [7, 11) is 0. The van der Waals surface area contributed by atoms with E-state index in [0.29, 0.717) is 21.4 Å². The molecular formula is C27H18ClF3N2O4S. The lowest BCUT2D eigenvalue weighted by Gasteiger charge is -2.14. The molecule has 194 valence electrons. The summed E-state index contributed by atoms with van der Waals surface area (Å²) >= 11 is 6.73. The Morgan fingerprint density at radius 3 is 2.24 bits per heavy atom. The molecule has 11 heteroatoms. The summed E-state index contributed by atoms with van der Waals surface area (Å²) < 4.78 is 39.8. The molecule has 0 spiro atoms. The first-order chi connectivity index (χ1) is 18.0. The van der Waals surface area contributed by atoms with E-state index in [1.54, 1.807) is 48.5 Å². The number of hydrogen-bond acceptors (Lipinski definition) is 4. The number of carboxylic acids is 1. The first kappa shape index (κ1) is 27.0. The van der Waals surface area contributed by atoms with Crippen molar-refractivity contribution in [1.82, 2.24) is 0 Å². The van der Waals surface area contributed by atoms with Crippen molar-refractivity contribution in [2.45, 2.75) is 11.1 Å². The van der Waals surface area contributed by atoms with Crippen LogP contribution in [0.1, 0.15) is 26.3 Å². The molecule has 0 atom stereocenters. The molecule has 0 radical (unpaired) electrons. The summed E-state index contributed by atoms with van der Waals surface area (Å²) in [5.74, 6) is -2.53. The molecule has 0 aromatic heterocycles. The number of carbonyl (C=O) groups excluding carboxylic acids is 2. The zero-order valence-corrected chi connectivity index (χ0v) is 20.9. The van der Waals surface area contributed by atoms with E-state index < -0.39 is 35.2 Å². The third kappa shape index (κ3) is 6.27. The van der Waals surface area contributed by atoms with E-state index in [-0.39, 0.29) is 21.9 Å². The monoisotopic (exact) mass is 558 g/mol. The van der Waals surface area contributed by atoms with Gasteiger partial charge in [0.25, 0.3) is 5.91 Å². The number of nitrogens with one attached hydrogen (secondary N) is 2. The van der Waals surface area contributed by atoms with Crippen LogP contribution in [0.2, 0.25) is 5.02 Å². The van der Waals surface area contributed by atoms with Crippen molar-refractivity contribution in [1.29, 1.82) is 0 Å². The van der Waals surface area contributed by atoms with Gasteiger partial charge in [-0.3, -0.25) is 9.59 Å². The van der Waals surface area contributed by atoms with Crippen molar-refractivity contribution >= 4 is 63.3 Å². The number of anilines is 2. The second kappa shape index (κ2) is 11.2. The van der Waals surface area contributed by atoms with Crippen molar-refractivity contribution in [3.63, 3.8) is 0 Å². The van der Waals surface area contributed by atoms with Gasteiger partial charge in [0, 0.05) is 26.6 Å². The van der Waals surface area contributed by atoms with E-state index in [1.165, 1.54) is 18.2 Å². The maximum absolute atomic E-state index is 13.3. The molecule has 6 nitrogen and oxygen atoms in total. The van der Waals surface area contributed by atoms with Gasteiger partial charge in [-0.05, 0) is 53.9 Å². The highest BCUT2D eigenvalue weighted by molar-refractivity contribution is 8.00. The second-order valence-electron chi connectivity index (χ2n) is 8.02. The van der Waals surface area contributed by atoms with Gasteiger partial charge in [-0.15, -0.1) is 11.8 Å². The minimum atomic E-state index is -4.69. The van der Waals surface area contributed by atoms with E-state index in [1.807, 2.05) is 0 Å². The first-order valence-corrected chi connectivity index (χ1v) is 12.3. The van der Waals surface area contributed by atoms with E-state index in [2.05, 4.69) is 10.6 Å². The lowest BCUT2D eigenvalue weighted by molar-refractivity contribution is -0.137. The van der Waals surface area contributed by atoms with E-state index in [0.717, 1.165) is 23.9 Å². The van der Waals surface area contributed by atoms with Crippen molar-refractivity contribution in [3.05, 3.63) is 101 Å².